The number of hydrogen-bond acceptors (Lipinski definition) is 3. The maximum absolute atomic E-state index is 12.6. The van der Waals surface area contributed by atoms with Crippen LogP contribution >= 0.6 is 0 Å². The molecule has 7 heteroatoms. The Kier molecular flexibility index (Phi) is 3.49. The van der Waals surface area contributed by atoms with Crippen LogP contribution in [-0.2, 0) is 15.8 Å². The zero-order valence-electron chi connectivity index (χ0n) is 11.2. The van der Waals surface area contributed by atoms with Gasteiger partial charge in [0, 0.05) is 11.8 Å². The molecule has 2 amide bonds. The highest BCUT2D eigenvalue weighted by Crippen LogP contribution is 2.36. The Morgan fingerprint density at radius 1 is 1.14 bits per heavy atom. The second kappa shape index (κ2) is 4.88. The Labute approximate surface area is 118 Å². The van der Waals surface area contributed by atoms with E-state index in [4.69, 9.17) is 5.26 Å². The third kappa shape index (κ3) is 2.37. The van der Waals surface area contributed by atoms with Crippen LogP contribution in [0.3, 0.4) is 0 Å². The lowest BCUT2D eigenvalue weighted by Crippen LogP contribution is -2.31. The van der Waals surface area contributed by atoms with E-state index in [1.54, 1.807) is 19.9 Å². The largest absolute Gasteiger partial charge is 0.416 e. The first-order chi connectivity index (χ1) is 9.68. The van der Waals surface area contributed by atoms with Crippen LogP contribution in [0.2, 0.25) is 0 Å². The molecular formula is C14H11F3N2O2. The van der Waals surface area contributed by atoms with Crippen molar-refractivity contribution in [3.05, 3.63) is 29.3 Å². The molecule has 4 nitrogen and oxygen atoms in total. The summed E-state index contributed by atoms with van der Waals surface area (Å²) in [4.78, 5) is 24.9. The third-order valence-electron chi connectivity index (χ3n) is 3.66. The van der Waals surface area contributed by atoms with Gasteiger partial charge in [0.1, 0.15) is 6.07 Å². The van der Waals surface area contributed by atoms with Gasteiger partial charge in [0.15, 0.2) is 0 Å². The SMILES string of the molecule is CC1C(=O)N(c2ccc(C(F)(F)F)cc2C#N)C(=O)C1C. The van der Waals surface area contributed by atoms with Crippen LogP contribution in [0.1, 0.15) is 25.0 Å². The second-order valence-electron chi connectivity index (χ2n) is 4.93. The number of rotatable bonds is 1. The minimum absolute atomic E-state index is 0.100. The molecule has 0 aliphatic carbocycles. The van der Waals surface area contributed by atoms with Crippen molar-refractivity contribution < 1.29 is 22.8 Å². The molecule has 110 valence electrons. The molecule has 1 aliphatic heterocycles. The molecule has 2 atom stereocenters. The first kappa shape index (κ1) is 15.0. The van der Waals surface area contributed by atoms with Crippen molar-refractivity contribution in [2.45, 2.75) is 20.0 Å². The third-order valence-corrected chi connectivity index (χ3v) is 3.66. The summed E-state index contributed by atoms with van der Waals surface area (Å²) in [5.74, 6) is -2.15. The fraction of sp³-hybridized carbons (Fsp3) is 0.357. The van der Waals surface area contributed by atoms with Gasteiger partial charge in [0.2, 0.25) is 11.8 Å². The van der Waals surface area contributed by atoms with Gasteiger partial charge >= 0.3 is 6.18 Å². The number of benzene rings is 1. The zero-order chi connectivity index (χ0) is 15.9. The lowest BCUT2D eigenvalue weighted by Gasteiger charge is -2.17. The van der Waals surface area contributed by atoms with Crippen LogP contribution in [0.4, 0.5) is 18.9 Å². The van der Waals surface area contributed by atoms with Crippen molar-refractivity contribution in [2.24, 2.45) is 11.8 Å². The van der Waals surface area contributed by atoms with Crippen molar-refractivity contribution in [2.75, 3.05) is 4.90 Å². The number of carbonyl (C=O) groups is 2. The van der Waals surface area contributed by atoms with E-state index < -0.39 is 35.4 Å². The first-order valence-corrected chi connectivity index (χ1v) is 6.17. The highest BCUT2D eigenvalue weighted by molar-refractivity contribution is 6.22. The molecule has 1 fully saturated rings. The predicted octanol–water partition coefficient (Wildman–Crippen LogP) is 2.72. The summed E-state index contributed by atoms with van der Waals surface area (Å²) in [6.07, 6.45) is -4.59. The molecule has 2 rings (SSSR count). The van der Waals surface area contributed by atoms with Crippen LogP contribution in [0, 0.1) is 23.2 Å². The van der Waals surface area contributed by atoms with Crippen LogP contribution in [0.5, 0.6) is 0 Å². The van der Waals surface area contributed by atoms with Gasteiger partial charge in [-0.15, -0.1) is 0 Å². The van der Waals surface area contributed by atoms with Gasteiger partial charge in [-0.25, -0.2) is 4.90 Å². The molecular weight excluding hydrogens is 285 g/mol. The molecule has 0 N–H and O–H groups in total. The maximum atomic E-state index is 12.6. The summed E-state index contributed by atoms with van der Waals surface area (Å²) in [5.41, 5.74) is -1.45. The van der Waals surface area contributed by atoms with E-state index in [0.29, 0.717) is 6.07 Å². The monoisotopic (exact) mass is 296 g/mol. The van der Waals surface area contributed by atoms with Crippen molar-refractivity contribution in [3.63, 3.8) is 0 Å². The van der Waals surface area contributed by atoms with Crippen molar-refractivity contribution >= 4 is 17.5 Å². The topological polar surface area (TPSA) is 61.2 Å². The number of amides is 2. The Hall–Kier alpha value is -2.36. The summed E-state index contributed by atoms with van der Waals surface area (Å²) >= 11 is 0. The normalized spacial score (nSPS) is 22.6. The van der Waals surface area contributed by atoms with E-state index in [0.717, 1.165) is 17.0 Å². The molecule has 1 aliphatic rings. The highest BCUT2D eigenvalue weighted by atomic mass is 19.4. The average Bonchev–Trinajstić information content (AvgIpc) is 2.61. The number of halogens is 3. The molecule has 1 aromatic rings. The number of hydrogen-bond donors (Lipinski definition) is 0. The van der Waals surface area contributed by atoms with E-state index in [2.05, 4.69) is 0 Å². The molecule has 0 spiro atoms. The quantitative estimate of drug-likeness (QED) is 0.749. The molecule has 0 saturated carbocycles. The van der Waals surface area contributed by atoms with Crippen molar-refractivity contribution in [3.8, 4) is 6.07 Å². The van der Waals surface area contributed by atoms with E-state index in [9.17, 15) is 22.8 Å². The molecule has 2 unspecified atom stereocenters. The van der Waals surface area contributed by atoms with E-state index in [1.165, 1.54) is 0 Å². The summed E-state index contributed by atoms with van der Waals surface area (Å²) in [5, 5.41) is 9.01. The van der Waals surface area contributed by atoms with Gasteiger partial charge in [0.25, 0.3) is 0 Å². The minimum atomic E-state index is -4.59. The summed E-state index contributed by atoms with van der Waals surface area (Å²) in [6, 6.07) is 3.99. The van der Waals surface area contributed by atoms with E-state index >= 15 is 0 Å². The number of imide groups is 1. The number of anilines is 1. The van der Waals surface area contributed by atoms with Gasteiger partial charge in [-0.1, -0.05) is 13.8 Å². The van der Waals surface area contributed by atoms with Gasteiger partial charge in [0.05, 0.1) is 16.8 Å². The van der Waals surface area contributed by atoms with E-state index in [-0.39, 0.29) is 11.3 Å². The molecule has 0 aromatic heterocycles. The van der Waals surface area contributed by atoms with E-state index in [1.807, 2.05) is 0 Å². The lowest BCUT2D eigenvalue weighted by atomic mass is 10.00. The molecule has 0 radical (unpaired) electrons. The molecule has 21 heavy (non-hydrogen) atoms. The smallest absolute Gasteiger partial charge is 0.274 e. The second-order valence-corrected chi connectivity index (χ2v) is 4.93. The summed E-state index contributed by atoms with van der Waals surface area (Å²) < 4.78 is 37.9. The van der Waals surface area contributed by atoms with Crippen LogP contribution in [0.15, 0.2) is 18.2 Å². The number of carbonyl (C=O) groups excluding carboxylic acids is 2. The molecule has 1 saturated heterocycles. The highest BCUT2D eigenvalue weighted by Gasteiger charge is 2.44. The van der Waals surface area contributed by atoms with Gasteiger partial charge in [-0.3, -0.25) is 9.59 Å². The van der Waals surface area contributed by atoms with Crippen LogP contribution < -0.4 is 4.90 Å². The van der Waals surface area contributed by atoms with Gasteiger partial charge in [-0.05, 0) is 18.2 Å². The lowest BCUT2D eigenvalue weighted by molar-refractivity contribution is -0.137. The first-order valence-electron chi connectivity index (χ1n) is 6.17. The Bertz CT molecular complexity index is 641. The van der Waals surface area contributed by atoms with Crippen LogP contribution in [-0.4, -0.2) is 11.8 Å². The number of nitriles is 1. The Morgan fingerprint density at radius 3 is 2.10 bits per heavy atom. The zero-order valence-corrected chi connectivity index (χ0v) is 11.2. The van der Waals surface area contributed by atoms with Gasteiger partial charge in [-0.2, -0.15) is 18.4 Å². The predicted molar refractivity (Wildman–Crippen MR) is 67.0 cm³/mol. The summed E-state index contributed by atoms with van der Waals surface area (Å²) in [7, 11) is 0. The average molecular weight is 296 g/mol. The molecule has 1 heterocycles. The fourth-order valence-corrected chi connectivity index (χ4v) is 2.18. The minimum Gasteiger partial charge on any atom is -0.274 e. The van der Waals surface area contributed by atoms with Crippen molar-refractivity contribution in [1.82, 2.24) is 0 Å². The van der Waals surface area contributed by atoms with Crippen molar-refractivity contribution in [1.29, 1.82) is 5.26 Å². The van der Waals surface area contributed by atoms with Crippen LogP contribution in [0.25, 0.3) is 0 Å². The number of nitrogens with zero attached hydrogens (tertiary/aromatic N) is 2. The Morgan fingerprint density at radius 2 is 1.67 bits per heavy atom. The summed E-state index contributed by atoms with van der Waals surface area (Å²) in [6.45, 7) is 3.14. The standard InChI is InChI=1S/C14H11F3N2O2/c1-7-8(2)13(21)19(12(7)20)11-4-3-10(14(15,16)17)5-9(11)6-18/h3-5,7-8H,1-2H3. The molecule has 0 bridgehead atoms. The van der Waals surface area contributed by atoms with Gasteiger partial charge < -0.3 is 0 Å². The number of alkyl halides is 3. The fourth-order valence-electron chi connectivity index (χ4n) is 2.18. The molecule has 1 aromatic carbocycles. The maximum Gasteiger partial charge on any atom is 0.416 e. The Balaban J connectivity index is 2.54.